The van der Waals surface area contributed by atoms with Crippen molar-refractivity contribution in [2.24, 2.45) is 0 Å². The molecule has 1 aromatic carbocycles. The molecule has 0 aliphatic carbocycles. The number of thiophene rings is 1. The zero-order valence-electron chi connectivity index (χ0n) is 11.7. The lowest BCUT2D eigenvalue weighted by Crippen LogP contribution is -2.13. The first kappa shape index (κ1) is 16.8. The second kappa shape index (κ2) is 7.63. The second-order valence-corrected chi connectivity index (χ2v) is 6.54. The Morgan fingerprint density at radius 3 is 2.55 bits per heavy atom. The van der Waals surface area contributed by atoms with Gasteiger partial charge in [-0.1, -0.05) is 23.2 Å². The number of carbonyl (C=O) groups is 2. The summed E-state index contributed by atoms with van der Waals surface area (Å²) in [5, 5.41) is 3.05. The van der Waals surface area contributed by atoms with E-state index in [9.17, 15) is 9.59 Å². The van der Waals surface area contributed by atoms with Crippen LogP contribution in [0.5, 0.6) is 5.75 Å². The van der Waals surface area contributed by atoms with Crippen molar-refractivity contribution in [3.8, 4) is 5.75 Å². The molecule has 116 valence electrons. The van der Waals surface area contributed by atoms with Crippen molar-refractivity contribution in [3.63, 3.8) is 0 Å². The van der Waals surface area contributed by atoms with Gasteiger partial charge in [0.15, 0.2) is 5.78 Å². The van der Waals surface area contributed by atoms with Crippen molar-refractivity contribution < 1.29 is 14.3 Å². The minimum Gasteiger partial charge on any atom is -0.497 e. The van der Waals surface area contributed by atoms with Crippen LogP contribution in [-0.4, -0.2) is 18.8 Å². The maximum absolute atomic E-state index is 11.9. The fourth-order valence-electron chi connectivity index (χ4n) is 1.75. The van der Waals surface area contributed by atoms with Gasteiger partial charge in [0.1, 0.15) is 5.75 Å². The number of amides is 1. The van der Waals surface area contributed by atoms with E-state index >= 15 is 0 Å². The standard InChI is InChI=1S/C15H13Cl2NO3S/c1-21-9-2-3-11(10(16)8-9)18-15(20)7-4-12(19)13-5-6-14(17)22-13/h2-3,5-6,8H,4,7H2,1H3,(H,18,20). The summed E-state index contributed by atoms with van der Waals surface area (Å²) in [6.45, 7) is 0. The topological polar surface area (TPSA) is 55.4 Å². The number of ketones is 1. The van der Waals surface area contributed by atoms with E-state index in [1.165, 1.54) is 18.4 Å². The maximum Gasteiger partial charge on any atom is 0.224 e. The molecular weight excluding hydrogens is 345 g/mol. The number of hydrogen-bond acceptors (Lipinski definition) is 4. The smallest absolute Gasteiger partial charge is 0.224 e. The Bertz CT molecular complexity index is 700. The maximum atomic E-state index is 11.9. The molecule has 1 aromatic heterocycles. The Balaban J connectivity index is 1.89. The van der Waals surface area contributed by atoms with E-state index in [2.05, 4.69) is 5.32 Å². The van der Waals surface area contributed by atoms with Crippen molar-refractivity contribution >= 4 is 51.9 Å². The van der Waals surface area contributed by atoms with Crippen LogP contribution in [0.1, 0.15) is 22.5 Å². The van der Waals surface area contributed by atoms with Crippen molar-refractivity contribution in [1.29, 1.82) is 0 Å². The number of Topliss-reactive ketones (excluding diaryl/α,β-unsaturated/α-hetero) is 1. The molecule has 1 N–H and O–H groups in total. The molecule has 1 heterocycles. The Morgan fingerprint density at radius 2 is 1.95 bits per heavy atom. The van der Waals surface area contributed by atoms with Crippen molar-refractivity contribution in [2.75, 3.05) is 12.4 Å². The molecule has 0 fully saturated rings. The van der Waals surface area contributed by atoms with Gasteiger partial charge in [-0.2, -0.15) is 0 Å². The normalized spacial score (nSPS) is 10.3. The van der Waals surface area contributed by atoms with E-state index in [-0.39, 0.29) is 24.5 Å². The summed E-state index contributed by atoms with van der Waals surface area (Å²) in [6.07, 6.45) is 0.202. The Morgan fingerprint density at radius 1 is 1.18 bits per heavy atom. The number of hydrogen-bond donors (Lipinski definition) is 1. The van der Waals surface area contributed by atoms with Gasteiger partial charge < -0.3 is 10.1 Å². The molecule has 0 spiro atoms. The molecule has 7 heteroatoms. The average molecular weight is 358 g/mol. The van der Waals surface area contributed by atoms with Gasteiger partial charge in [-0.25, -0.2) is 0 Å². The third-order valence-electron chi connectivity index (χ3n) is 2.88. The molecular formula is C15H13Cl2NO3S. The van der Waals surface area contributed by atoms with Gasteiger partial charge >= 0.3 is 0 Å². The number of carbonyl (C=O) groups excluding carboxylic acids is 2. The van der Waals surface area contributed by atoms with Crippen LogP contribution in [-0.2, 0) is 4.79 Å². The lowest BCUT2D eigenvalue weighted by atomic mass is 10.2. The summed E-state index contributed by atoms with van der Waals surface area (Å²) in [5.74, 6) is 0.226. The van der Waals surface area contributed by atoms with Crippen LogP contribution in [0.4, 0.5) is 5.69 Å². The van der Waals surface area contributed by atoms with Gasteiger partial charge in [-0.15, -0.1) is 11.3 Å². The summed E-state index contributed by atoms with van der Waals surface area (Å²) in [5.41, 5.74) is 0.485. The van der Waals surface area contributed by atoms with Gasteiger partial charge in [0.05, 0.1) is 27.0 Å². The molecule has 0 aliphatic rings. The van der Waals surface area contributed by atoms with Crippen molar-refractivity contribution in [1.82, 2.24) is 0 Å². The van der Waals surface area contributed by atoms with E-state index in [4.69, 9.17) is 27.9 Å². The van der Waals surface area contributed by atoms with Crippen LogP contribution in [0.3, 0.4) is 0 Å². The number of methoxy groups -OCH3 is 1. The van der Waals surface area contributed by atoms with Gasteiger partial charge in [0, 0.05) is 18.9 Å². The molecule has 0 radical (unpaired) electrons. The molecule has 0 saturated heterocycles. The number of rotatable bonds is 6. The fourth-order valence-corrected chi connectivity index (χ4v) is 2.98. The molecule has 4 nitrogen and oxygen atoms in total. The zero-order valence-corrected chi connectivity index (χ0v) is 14.0. The van der Waals surface area contributed by atoms with Crippen molar-refractivity contribution in [3.05, 3.63) is 44.6 Å². The van der Waals surface area contributed by atoms with Gasteiger partial charge in [-0.05, 0) is 24.3 Å². The third-order valence-corrected chi connectivity index (χ3v) is 4.46. The average Bonchev–Trinajstić information content (AvgIpc) is 2.93. The molecule has 22 heavy (non-hydrogen) atoms. The number of halogens is 2. The SMILES string of the molecule is COc1ccc(NC(=O)CCC(=O)c2ccc(Cl)s2)c(Cl)c1. The van der Waals surface area contributed by atoms with E-state index < -0.39 is 0 Å². The molecule has 0 unspecified atom stereocenters. The highest BCUT2D eigenvalue weighted by Gasteiger charge is 2.12. The number of nitrogens with one attached hydrogen (secondary N) is 1. The van der Waals surface area contributed by atoms with Crippen LogP contribution >= 0.6 is 34.5 Å². The minimum absolute atomic E-state index is 0.0801. The summed E-state index contributed by atoms with van der Waals surface area (Å²) < 4.78 is 5.59. The number of benzene rings is 1. The molecule has 0 aliphatic heterocycles. The molecule has 0 saturated carbocycles. The first-order chi connectivity index (χ1) is 10.5. The first-order valence-electron chi connectivity index (χ1n) is 6.41. The van der Waals surface area contributed by atoms with E-state index in [0.29, 0.717) is 25.7 Å². The minimum atomic E-state index is -0.275. The zero-order chi connectivity index (χ0) is 16.1. The highest BCUT2D eigenvalue weighted by molar-refractivity contribution is 7.18. The Kier molecular flexibility index (Phi) is 5.83. The number of anilines is 1. The predicted octanol–water partition coefficient (Wildman–Crippen LogP) is 4.67. The van der Waals surface area contributed by atoms with Crippen LogP contribution < -0.4 is 10.1 Å². The molecule has 1 amide bonds. The molecule has 0 atom stereocenters. The van der Waals surface area contributed by atoms with Gasteiger partial charge in [0.25, 0.3) is 0 Å². The fraction of sp³-hybridized carbons (Fsp3) is 0.200. The lowest BCUT2D eigenvalue weighted by Gasteiger charge is -2.08. The molecule has 2 rings (SSSR count). The summed E-state index contributed by atoms with van der Waals surface area (Å²) in [4.78, 5) is 24.3. The van der Waals surface area contributed by atoms with Gasteiger partial charge in [-0.3, -0.25) is 9.59 Å². The largest absolute Gasteiger partial charge is 0.497 e. The number of ether oxygens (including phenoxy) is 1. The third kappa shape index (κ3) is 4.47. The van der Waals surface area contributed by atoms with Gasteiger partial charge in [0.2, 0.25) is 5.91 Å². The van der Waals surface area contributed by atoms with Crippen LogP contribution in [0.2, 0.25) is 9.36 Å². The first-order valence-corrected chi connectivity index (χ1v) is 7.99. The molecule has 2 aromatic rings. The quantitative estimate of drug-likeness (QED) is 0.764. The lowest BCUT2D eigenvalue weighted by molar-refractivity contribution is -0.116. The molecule has 0 bridgehead atoms. The monoisotopic (exact) mass is 357 g/mol. The van der Waals surface area contributed by atoms with E-state index in [1.807, 2.05) is 0 Å². The summed E-state index contributed by atoms with van der Waals surface area (Å²) >= 11 is 13.0. The van der Waals surface area contributed by atoms with Crippen LogP contribution in [0, 0.1) is 0 Å². The van der Waals surface area contributed by atoms with E-state index in [1.54, 1.807) is 30.3 Å². The van der Waals surface area contributed by atoms with Crippen molar-refractivity contribution in [2.45, 2.75) is 12.8 Å². The Labute approximate surface area is 142 Å². The predicted molar refractivity (Wildman–Crippen MR) is 89.5 cm³/mol. The highest BCUT2D eigenvalue weighted by Crippen LogP contribution is 2.27. The second-order valence-electron chi connectivity index (χ2n) is 4.42. The Hall–Kier alpha value is -1.56. The summed E-state index contributed by atoms with van der Waals surface area (Å²) in [6, 6.07) is 8.28. The van der Waals surface area contributed by atoms with Crippen LogP contribution in [0.25, 0.3) is 0 Å². The highest BCUT2D eigenvalue weighted by atomic mass is 35.5. The van der Waals surface area contributed by atoms with Crippen LogP contribution in [0.15, 0.2) is 30.3 Å². The summed E-state index contributed by atoms with van der Waals surface area (Å²) in [7, 11) is 1.53. The van der Waals surface area contributed by atoms with E-state index in [0.717, 1.165) is 0 Å².